The Balaban J connectivity index is 1.67. The molecule has 1 saturated heterocycles. The van der Waals surface area contributed by atoms with Crippen molar-refractivity contribution >= 4 is 15.9 Å². The maximum Gasteiger partial charge on any atom is 0.251 e. The molecule has 2 N–H and O–H groups in total. The van der Waals surface area contributed by atoms with Crippen molar-refractivity contribution in [1.82, 2.24) is 14.9 Å². The van der Waals surface area contributed by atoms with Crippen LogP contribution in [0.3, 0.4) is 0 Å². The largest absolute Gasteiger partial charge is 0.349 e. The van der Waals surface area contributed by atoms with Crippen molar-refractivity contribution in [2.24, 2.45) is 5.92 Å². The lowest BCUT2D eigenvalue weighted by Gasteiger charge is -2.30. The minimum Gasteiger partial charge on any atom is -0.349 e. The first-order valence-electron chi connectivity index (χ1n) is 9.99. The van der Waals surface area contributed by atoms with Gasteiger partial charge in [0.25, 0.3) is 5.91 Å². The summed E-state index contributed by atoms with van der Waals surface area (Å²) in [7, 11) is -1.85. The van der Waals surface area contributed by atoms with Gasteiger partial charge in [0.2, 0.25) is 10.0 Å². The van der Waals surface area contributed by atoms with E-state index >= 15 is 0 Å². The summed E-state index contributed by atoms with van der Waals surface area (Å²) in [6, 6.07) is 6.56. The third-order valence-electron chi connectivity index (χ3n) is 5.98. The number of benzene rings is 1. The van der Waals surface area contributed by atoms with E-state index in [1.807, 2.05) is 0 Å². The third-order valence-corrected chi connectivity index (χ3v) is 7.91. The number of nitrogens with zero attached hydrogens (tertiary/aromatic N) is 1. The van der Waals surface area contributed by atoms with Gasteiger partial charge in [-0.3, -0.25) is 4.79 Å². The highest BCUT2D eigenvalue weighted by atomic mass is 32.2. The van der Waals surface area contributed by atoms with Gasteiger partial charge in [-0.1, -0.05) is 26.2 Å². The number of hydrogen-bond donors (Lipinski definition) is 2. The summed E-state index contributed by atoms with van der Waals surface area (Å²) in [6.07, 6.45) is 6.10. The molecule has 150 valence electrons. The second kappa shape index (κ2) is 8.71. The Labute approximate surface area is 162 Å². The summed E-state index contributed by atoms with van der Waals surface area (Å²) in [6.45, 7) is 3.92. The highest BCUT2D eigenvalue weighted by Gasteiger charge is 2.29. The number of hydrogen-bond acceptors (Lipinski definition) is 4. The molecular weight excluding hydrogens is 362 g/mol. The summed E-state index contributed by atoms with van der Waals surface area (Å²) < 4.78 is 27.3. The summed E-state index contributed by atoms with van der Waals surface area (Å²) in [4.78, 5) is 12.8. The molecule has 0 spiro atoms. The molecule has 1 aliphatic heterocycles. The predicted molar refractivity (Wildman–Crippen MR) is 106 cm³/mol. The Morgan fingerprint density at radius 1 is 1.11 bits per heavy atom. The van der Waals surface area contributed by atoms with Crippen LogP contribution in [0.15, 0.2) is 29.2 Å². The fourth-order valence-corrected chi connectivity index (χ4v) is 5.48. The number of carbonyl (C=O) groups excluding carboxylic acids is 1. The van der Waals surface area contributed by atoms with Crippen LogP contribution in [-0.2, 0) is 10.0 Å². The zero-order valence-corrected chi connectivity index (χ0v) is 17.1. The molecule has 7 heteroatoms. The van der Waals surface area contributed by atoms with E-state index in [0.717, 1.165) is 45.2 Å². The number of carbonyl (C=O) groups is 1. The van der Waals surface area contributed by atoms with Gasteiger partial charge in [0.1, 0.15) is 0 Å². The Hall–Kier alpha value is -1.44. The second-order valence-electron chi connectivity index (χ2n) is 7.89. The van der Waals surface area contributed by atoms with Gasteiger partial charge < -0.3 is 10.6 Å². The van der Waals surface area contributed by atoms with Crippen molar-refractivity contribution < 1.29 is 13.2 Å². The maximum atomic E-state index is 12.9. The van der Waals surface area contributed by atoms with Crippen LogP contribution < -0.4 is 10.6 Å². The van der Waals surface area contributed by atoms with Crippen LogP contribution in [-0.4, -0.2) is 50.9 Å². The van der Waals surface area contributed by atoms with Crippen molar-refractivity contribution in [3.63, 3.8) is 0 Å². The number of piperidine rings is 1. The first-order chi connectivity index (χ1) is 12.9. The zero-order chi connectivity index (χ0) is 19.4. The van der Waals surface area contributed by atoms with E-state index in [9.17, 15) is 13.2 Å². The molecule has 1 heterocycles. The summed E-state index contributed by atoms with van der Waals surface area (Å²) >= 11 is 0. The lowest BCUT2D eigenvalue weighted by atomic mass is 9.95. The second-order valence-corrected chi connectivity index (χ2v) is 9.89. The number of sulfonamides is 1. The average Bonchev–Trinajstić information content (AvgIpc) is 2.70. The topological polar surface area (TPSA) is 78.5 Å². The van der Waals surface area contributed by atoms with Gasteiger partial charge >= 0.3 is 0 Å². The van der Waals surface area contributed by atoms with E-state index < -0.39 is 10.0 Å². The molecule has 1 saturated carbocycles. The molecule has 0 bridgehead atoms. The van der Waals surface area contributed by atoms with Crippen molar-refractivity contribution in [3.05, 3.63) is 29.8 Å². The summed E-state index contributed by atoms with van der Waals surface area (Å²) in [5.41, 5.74) is 0.500. The zero-order valence-electron chi connectivity index (χ0n) is 16.3. The van der Waals surface area contributed by atoms with E-state index in [0.29, 0.717) is 11.5 Å². The monoisotopic (exact) mass is 393 g/mol. The Kier molecular flexibility index (Phi) is 6.55. The molecule has 2 unspecified atom stereocenters. The lowest BCUT2D eigenvalue weighted by Crippen LogP contribution is -2.48. The Morgan fingerprint density at radius 3 is 2.41 bits per heavy atom. The van der Waals surface area contributed by atoms with Crippen molar-refractivity contribution in [3.8, 4) is 0 Å². The van der Waals surface area contributed by atoms with Crippen molar-refractivity contribution in [1.29, 1.82) is 0 Å². The van der Waals surface area contributed by atoms with Crippen LogP contribution in [0, 0.1) is 5.92 Å². The number of nitrogens with one attached hydrogen (secondary N) is 2. The van der Waals surface area contributed by atoms with E-state index in [2.05, 4.69) is 17.6 Å². The molecule has 6 nitrogen and oxygen atoms in total. The fourth-order valence-electron chi connectivity index (χ4n) is 4.07. The van der Waals surface area contributed by atoms with Crippen LogP contribution in [0.5, 0.6) is 0 Å². The lowest BCUT2D eigenvalue weighted by molar-refractivity contribution is 0.0914. The summed E-state index contributed by atoms with van der Waals surface area (Å²) in [5, 5.41) is 6.40. The normalized spacial score (nSPS) is 24.7. The van der Waals surface area contributed by atoms with Crippen LogP contribution in [0.4, 0.5) is 0 Å². The van der Waals surface area contributed by atoms with Gasteiger partial charge in [0.15, 0.2) is 0 Å². The van der Waals surface area contributed by atoms with Crippen LogP contribution >= 0.6 is 0 Å². The Bertz CT molecular complexity index is 742. The van der Waals surface area contributed by atoms with Crippen LogP contribution in [0.1, 0.15) is 55.8 Å². The summed E-state index contributed by atoms with van der Waals surface area (Å²) in [5.74, 6) is 0.241. The third kappa shape index (κ3) is 4.70. The van der Waals surface area contributed by atoms with Crippen molar-refractivity contribution in [2.75, 3.05) is 20.1 Å². The van der Waals surface area contributed by atoms with Crippen LogP contribution in [0.25, 0.3) is 0 Å². The molecule has 2 atom stereocenters. The van der Waals surface area contributed by atoms with Gasteiger partial charge in [-0.15, -0.1) is 0 Å². The molecule has 1 aliphatic carbocycles. The predicted octanol–water partition coefficient (Wildman–Crippen LogP) is 2.37. The smallest absolute Gasteiger partial charge is 0.251 e. The molecule has 0 aromatic heterocycles. The maximum absolute atomic E-state index is 12.9. The fraction of sp³-hybridized carbons (Fsp3) is 0.650. The minimum absolute atomic E-state index is 0.0770. The first-order valence-corrected chi connectivity index (χ1v) is 11.4. The Morgan fingerprint density at radius 2 is 1.78 bits per heavy atom. The molecule has 0 radical (unpaired) electrons. The molecular formula is C20H31N3O3S. The quantitative estimate of drug-likeness (QED) is 0.805. The van der Waals surface area contributed by atoms with Gasteiger partial charge in [-0.2, -0.15) is 4.31 Å². The average molecular weight is 394 g/mol. The molecule has 27 heavy (non-hydrogen) atoms. The van der Waals surface area contributed by atoms with Crippen molar-refractivity contribution in [2.45, 2.75) is 62.4 Å². The molecule has 3 rings (SSSR count). The highest BCUT2D eigenvalue weighted by molar-refractivity contribution is 7.89. The van der Waals surface area contributed by atoms with Gasteiger partial charge in [0, 0.05) is 24.7 Å². The standard InChI is InChI=1S/C20H31N3O3S/c1-15-14-21-13-12-19(15)22-20(24)16-8-10-18(11-9-16)27(25,26)23(2)17-6-4-3-5-7-17/h8-11,15,17,19,21H,3-7,12-14H2,1-2H3,(H,22,24). The van der Waals surface area contributed by atoms with Crippen LogP contribution in [0.2, 0.25) is 0 Å². The molecule has 1 amide bonds. The number of amides is 1. The molecule has 2 aliphatic rings. The van der Waals surface area contributed by atoms with Gasteiger partial charge in [-0.05, 0) is 62.5 Å². The molecule has 1 aromatic carbocycles. The number of rotatable bonds is 5. The van der Waals surface area contributed by atoms with E-state index in [-0.39, 0.29) is 22.9 Å². The van der Waals surface area contributed by atoms with E-state index in [4.69, 9.17) is 0 Å². The van der Waals surface area contributed by atoms with E-state index in [1.54, 1.807) is 31.3 Å². The molecule has 1 aromatic rings. The SMILES string of the molecule is CC1CNCCC1NC(=O)c1ccc(S(=O)(=O)N(C)C2CCCCC2)cc1. The highest BCUT2D eigenvalue weighted by Crippen LogP contribution is 2.26. The van der Waals surface area contributed by atoms with E-state index in [1.165, 1.54) is 10.7 Å². The first kappa shape index (κ1) is 20.3. The minimum atomic E-state index is -3.52. The molecule has 2 fully saturated rings. The van der Waals surface area contributed by atoms with Gasteiger partial charge in [-0.25, -0.2) is 8.42 Å². The van der Waals surface area contributed by atoms with Gasteiger partial charge in [0.05, 0.1) is 4.90 Å².